The molecule has 12 heteroatoms. The molecule has 41 heavy (non-hydrogen) atoms. The Bertz CT molecular complexity index is 1030. The van der Waals surface area contributed by atoms with E-state index in [1.165, 1.54) is 6.42 Å². The third kappa shape index (κ3) is 15.0. The van der Waals surface area contributed by atoms with Gasteiger partial charge in [0.2, 0.25) is 5.95 Å². The van der Waals surface area contributed by atoms with Crippen LogP contribution in [0.5, 0.6) is 0 Å². The second-order valence-electron chi connectivity index (χ2n) is 8.76. The summed E-state index contributed by atoms with van der Waals surface area (Å²) in [5.41, 5.74) is 6.98. The fourth-order valence-corrected chi connectivity index (χ4v) is 4.11. The number of carbonyl (C=O) groups is 1. The van der Waals surface area contributed by atoms with Crippen LogP contribution in [0.15, 0.2) is 30.3 Å². The quantitative estimate of drug-likeness (QED) is 0.177. The maximum Gasteiger partial charge on any atom is 0.405 e. The van der Waals surface area contributed by atoms with Crippen LogP contribution in [0.3, 0.4) is 0 Å². The zero-order valence-corrected chi connectivity index (χ0v) is 26.1. The number of anilines is 3. The van der Waals surface area contributed by atoms with Crippen LogP contribution < -0.4 is 21.7 Å². The molecule has 1 fully saturated rings. The third-order valence-electron chi connectivity index (χ3n) is 5.32. The Hall–Kier alpha value is -2.99. The average molecular weight is 601 g/mol. The molecule has 0 aliphatic heterocycles. The fourth-order valence-electron chi connectivity index (χ4n) is 3.74. The van der Waals surface area contributed by atoms with Gasteiger partial charge in [0.15, 0.2) is 0 Å². The van der Waals surface area contributed by atoms with Crippen LogP contribution in [0.25, 0.3) is 0 Å². The number of hydrogen-bond acceptors (Lipinski definition) is 8. The van der Waals surface area contributed by atoms with Gasteiger partial charge in [0.05, 0.1) is 24.4 Å². The molecular formula is C29H47F3N6O2S. The summed E-state index contributed by atoms with van der Waals surface area (Å²) in [7, 11) is 0. The number of esters is 1. The summed E-state index contributed by atoms with van der Waals surface area (Å²) in [5.74, 6) is -0.107. The molecule has 2 aromatic rings. The summed E-state index contributed by atoms with van der Waals surface area (Å²) < 4.78 is 43.3. The van der Waals surface area contributed by atoms with Gasteiger partial charge in [-0.1, -0.05) is 78.4 Å². The second-order valence-corrected chi connectivity index (χ2v) is 9.17. The van der Waals surface area contributed by atoms with Gasteiger partial charge in [0.1, 0.15) is 17.4 Å². The van der Waals surface area contributed by atoms with Gasteiger partial charge in [-0.3, -0.25) is 4.79 Å². The maximum atomic E-state index is 12.7. The van der Waals surface area contributed by atoms with Crippen LogP contribution in [-0.4, -0.2) is 52.8 Å². The van der Waals surface area contributed by atoms with Crippen molar-refractivity contribution in [2.45, 2.75) is 86.4 Å². The van der Waals surface area contributed by atoms with E-state index in [0.717, 1.165) is 18.5 Å². The third-order valence-corrected chi connectivity index (χ3v) is 5.63. The monoisotopic (exact) mass is 600 g/mol. The van der Waals surface area contributed by atoms with E-state index >= 15 is 0 Å². The van der Waals surface area contributed by atoms with Gasteiger partial charge in [-0.2, -0.15) is 18.2 Å². The first kappa shape index (κ1) is 38.0. The number of benzene rings is 1. The lowest BCUT2D eigenvalue weighted by molar-refractivity contribution is -0.143. The predicted molar refractivity (Wildman–Crippen MR) is 167 cm³/mol. The number of nitrogens with one attached hydrogen (secondary N) is 3. The molecule has 3 rings (SSSR count). The Labute approximate surface area is 248 Å². The number of nitrogens with two attached hydrogens (primary N) is 1. The highest BCUT2D eigenvalue weighted by molar-refractivity contribution is 7.81. The topological polar surface area (TPSA) is 114 Å². The first-order valence-corrected chi connectivity index (χ1v) is 14.6. The van der Waals surface area contributed by atoms with Crippen LogP contribution in [-0.2, 0) is 9.53 Å². The summed E-state index contributed by atoms with van der Waals surface area (Å²) in [4.78, 5) is 20.2. The Kier molecular flexibility index (Phi) is 19.3. The fraction of sp³-hybridized carbons (Fsp3) is 0.586. The minimum Gasteiger partial charge on any atom is -0.464 e. The summed E-state index contributed by atoms with van der Waals surface area (Å²) in [6.07, 6.45) is -0.865. The molecule has 0 amide bonds. The highest BCUT2D eigenvalue weighted by Gasteiger charge is 2.29. The van der Waals surface area contributed by atoms with E-state index in [4.69, 9.17) is 22.7 Å². The van der Waals surface area contributed by atoms with Gasteiger partial charge >= 0.3 is 12.1 Å². The molecular weight excluding hydrogens is 553 g/mol. The molecule has 0 radical (unpaired) electrons. The SMILES string of the molecule is CC.CC.CCC.Cc1nc(NCC(F)(F)F)nc(NC2CCC(COC(=O)CN)C2)c1C(=S)Nc1ccccc1. The van der Waals surface area contributed by atoms with E-state index in [9.17, 15) is 18.0 Å². The van der Waals surface area contributed by atoms with Crippen LogP contribution in [0.4, 0.5) is 30.6 Å². The van der Waals surface area contributed by atoms with E-state index in [1.54, 1.807) is 6.92 Å². The molecule has 8 nitrogen and oxygen atoms in total. The molecule has 232 valence electrons. The number of para-hydroxylation sites is 1. The highest BCUT2D eigenvalue weighted by Crippen LogP contribution is 2.30. The zero-order chi connectivity index (χ0) is 31.4. The largest absolute Gasteiger partial charge is 0.464 e. The molecule has 1 aliphatic carbocycles. The van der Waals surface area contributed by atoms with Gasteiger partial charge in [0.25, 0.3) is 0 Å². The predicted octanol–water partition coefficient (Wildman–Crippen LogP) is 7.10. The van der Waals surface area contributed by atoms with Crippen LogP contribution in [0, 0.1) is 12.8 Å². The number of hydrogen-bond donors (Lipinski definition) is 4. The van der Waals surface area contributed by atoms with Crippen molar-refractivity contribution in [1.82, 2.24) is 9.97 Å². The van der Waals surface area contributed by atoms with Gasteiger partial charge in [-0.25, -0.2) is 4.98 Å². The number of thiocarbonyl (C=S) groups is 1. The van der Waals surface area contributed by atoms with Crippen molar-refractivity contribution in [3.05, 3.63) is 41.6 Å². The molecule has 5 N–H and O–H groups in total. The lowest BCUT2D eigenvalue weighted by Crippen LogP contribution is -2.26. The first-order valence-electron chi connectivity index (χ1n) is 14.2. The second kappa shape index (κ2) is 20.8. The van der Waals surface area contributed by atoms with Crippen LogP contribution in [0.1, 0.15) is 78.5 Å². The summed E-state index contributed by atoms with van der Waals surface area (Å²) in [6.45, 7) is 12.8. The molecule has 1 heterocycles. The molecule has 0 spiro atoms. The van der Waals surface area contributed by atoms with Gasteiger partial charge in [-0.05, 0) is 44.2 Å². The Balaban J connectivity index is 0.00000210. The minimum absolute atomic E-state index is 0.0235. The molecule has 2 unspecified atom stereocenters. The van der Waals surface area contributed by atoms with Crippen molar-refractivity contribution in [1.29, 1.82) is 0 Å². The van der Waals surface area contributed by atoms with E-state index in [-0.39, 0.29) is 31.1 Å². The first-order chi connectivity index (χ1) is 19.6. The molecule has 2 atom stereocenters. The number of aromatic nitrogens is 2. The normalized spacial score (nSPS) is 15.5. The van der Waals surface area contributed by atoms with Gasteiger partial charge in [0, 0.05) is 11.7 Å². The smallest absolute Gasteiger partial charge is 0.405 e. The van der Waals surface area contributed by atoms with E-state index < -0.39 is 18.7 Å². The van der Waals surface area contributed by atoms with Gasteiger partial charge < -0.3 is 26.4 Å². The molecule has 1 aliphatic rings. The average Bonchev–Trinajstić information content (AvgIpc) is 3.40. The highest BCUT2D eigenvalue weighted by atomic mass is 32.1. The maximum absolute atomic E-state index is 12.7. The number of nitrogens with zero attached hydrogens (tertiary/aromatic N) is 2. The van der Waals surface area contributed by atoms with Crippen LogP contribution in [0.2, 0.25) is 0 Å². The Morgan fingerprint density at radius 2 is 1.71 bits per heavy atom. The van der Waals surface area contributed by atoms with Crippen molar-refractivity contribution in [2.75, 3.05) is 35.6 Å². The molecule has 1 aromatic heterocycles. The lowest BCUT2D eigenvalue weighted by atomic mass is 10.1. The van der Waals surface area contributed by atoms with Crippen molar-refractivity contribution in [3.8, 4) is 0 Å². The summed E-state index contributed by atoms with van der Waals surface area (Å²) in [5, 5.41) is 8.69. The molecule has 0 saturated heterocycles. The number of aryl methyl sites for hydroxylation is 1. The van der Waals surface area contributed by atoms with Crippen molar-refractivity contribution < 1.29 is 22.7 Å². The number of carbonyl (C=O) groups excluding carboxylic acids is 1. The number of rotatable bonds is 9. The van der Waals surface area contributed by atoms with Crippen molar-refractivity contribution in [2.24, 2.45) is 11.7 Å². The molecule has 1 aromatic carbocycles. The lowest BCUT2D eigenvalue weighted by Gasteiger charge is -2.20. The van der Waals surface area contributed by atoms with Crippen molar-refractivity contribution >= 4 is 40.6 Å². The number of ether oxygens (including phenoxy) is 1. The Morgan fingerprint density at radius 1 is 1.10 bits per heavy atom. The van der Waals surface area contributed by atoms with E-state index in [1.807, 2.05) is 58.0 Å². The number of halogens is 3. The van der Waals surface area contributed by atoms with E-state index in [2.05, 4.69) is 39.8 Å². The van der Waals surface area contributed by atoms with Crippen molar-refractivity contribution in [3.63, 3.8) is 0 Å². The standard InChI is InChI=1S/C22H27F3N6O2S.C3H8.2C2H6/c1-13-18(20(34)30-15-5-3-2-4-6-15)19(31-21(28-13)27-12-22(23,24)25)29-16-8-7-14(9-16)11-33-17(32)10-26;1-3-2;2*1-2/h2-6,14,16H,7-12,26H2,1H3,(H,30,34)(H2,27,28,29,31);3H2,1-2H3;2*1-2H3. The minimum atomic E-state index is -4.41. The summed E-state index contributed by atoms with van der Waals surface area (Å²) in [6, 6.07) is 9.25. The van der Waals surface area contributed by atoms with E-state index in [0.29, 0.717) is 28.5 Å². The van der Waals surface area contributed by atoms with Gasteiger partial charge in [-0.15, -0.1) is 0 Å². The summed E-state index contributed by atoms with van der Waals surface area (Å²) >= 11 is 5.59. The number of alkyl halides is 3. The molecule has 0 bridgehead atoms. The van der Waals surface area contributed by atoms with Crippen LogP contribution >= 0.6 is 12.2 Å². The molecule has 1 saturated carbocycles. The zero-order valence-electron chi connectivity index (χ0n) is 25.3. The Morgan fingerprint density at radius 3 is 2.27 bits per heavy atom.